The Bertz CT molecular complexity index is 935. The molecule has 3 N–H and O–H groups in total. The van der Waals surface area contributed by atoms with Crippen LogP contribution in [0.5, 0.6) is 11.5 Å². The SMILES string of the molecule is CNc1c(OC)c(OC)cc2c(N)nc(N3CCN(C(=O)OC(C)(C)C)CC3)nc12. The van der Waals surface area contributed by atoms with Crippen molar-refractivity contribution in [3.8, 4) is 11.5 Å². The molecule has 2 heterocycles. The van der Waals surface area contributed by atoms with Gasteiger partial charge in [0.25, 0.3) is 0 Å². The standard InChI is InChI=1S/C20H30N6O4/c1-20(2,3)30-19(27)26-9-7-25(8-10-26)18-23-14-12(17(21)24-18)11-13(28-5)16(29-6)15(14)22-4/h11,22H,7-10H2,1-6H3,(H2,21,23,24). The van der Waals surface area contributed by atoms with Crippen LogP contribution in [0.15, 0.2) is 6.07 Å². The topological polar surface area (TPSA) is 115 Å². The lowest BCUT2D eigenvalue weighted by Gasteiger charge is -2.35. The van der Waals surface area contributed by atoms with Gasteiger partial charge in [-0.3, -0.25) is 0 Å². The zero-order valence-electron chi connectivity index (χ0n) is 18.4. The first-order chi connectivity index (χ1) is 14.2. The minimum Gasteiger partial charge on any atom is -0.493 e. The van der Waals surface area contributed by atoms with E-state index in [9.17, 15) is 4.79 Å². The summed E-state index contributed by atoms with van der Waals surface area (Å²) in [6, 6.07) is 1.77. The highest BCUT2D eigenvalue weighted by Crippen LogP contribution is 2.42. The van der Waals surface area contributed by atoms with Crippen LogP contribution >= 0.6 is 0 Å². The molecule has 1 amide bonds. The van der Waals surface area contributed by atoms with Crippen molar-refractivity contribution in [3.63, 3.8) is 0 Å². The Morgan fingerprint density at radius 2 is 1.80 bits per heavy atom. The molecule has 164 valence electrons. The maximum atomic E-state index is 12.3. The third-order valence-electron chi connectivity index (χ3n) is 4.81. The van der Waals surface area contributed by atoms with Crippen molar-refractivity contribution in [2.45, 2.75) is 26.4 Å². The highest BCUT2D eigenvalue weighted by Gasteiger charge is 2.27. The lowest BCUT2D eigenvalue weighted by molar-refractivity contribution is 0.0240. The molecule has 1 aromatic carbocycles. The van der Waals surface area contributed by atoms with Gasteiger partial charge in [-0.2, -0.15) is 4.98 Å². The van der Waals surface area contributed by atoms with Crippen molar-refractivity contribution in [2.24, 2.45) is 0 Å². The summed E-state index contributed by atoms with van der Waals surface area (Å²) in [5.74, 6) is 1.95. The third-order valence-corrected chi connectivity index (χ3v) is 4.81. The summed E-state index contributed by atoms with van der Waals surface area (Å²) in [7, 11) is 4.93. The van der Waals surface area contributed by atoms with Crippen molar-refractivity contribution in [1.82, 2.24) is 14.9 Å². The van der Waals surface area contributed by atoms with Crippen LogP contribution in [-0.2, 0) is 4.74 Å². The second-order valence-electron chi connectivity index (χ2n) is 8.00. The molecule has 3 rings (SSSR count). The number of fused-ring (bicyclic) bond motifs is 1. The molecular weight excluding hydrogens is 388 g/mol. The van der Waals surface area contributed by atoms with Gasteiger partial charge in [0.15, 0.2) is 11.5 Å². The number of piperazine rings is 1. The van der Waals surface area contributed by atoms with Crippen molar-refractivity contribution < 1.29 is 19.0 Å². The maximum absolute atomic E-state index is 12.3. The van der Waals surface area contributed by atoms with E-state index >= 15 is 0 Å². The maximum Gasteiger partial charge on any atom is 0.410 e. The second kappa shape index (κ2) is 8.29. The number of carbonyl (C=O) groups excluding carboxylic acids is 1. The highest BCUT2D eigenvalue weighted by atomic mass is 16.6. The Hall–Kier alpha value is -3.17. The van der Waals surface area contributed by atoms with E-state index in [1.807, 2.05) is 25.7 Å². The fraction of sp³-hybridized carbons (Fsp3) is 0.550. The summed E-state index contributed by atoms with van der Waals surface area (Å²) in [5, 5.41) is 3.80. The molecule has 1 fully saturated rings. The van der Waals surface area contributed by atoms with Gasteiger partial charge >= 0.3 is 6.09 Å². The third kappa shape index (κ3) is 4.22. The molecule has 0 radical (unpaired) electrons. The monoisotopic (exact) mass is 418 g/mol. The molecule has 0 saturated carbocycles. The van der Waals surface area contributed by atoms with Crippen LogP contribution in [0.3, 0.4) is 0 Å². The summed E-state index contributed by atoms with van der Waals surface area (Å²) in [5.41, 5.74) is 7.06. The first kappa shape index (κ1) is 21.5. The summed E-state index contributed by atoms with van der Waals surface area (Å²) < 4.78 is 16.4. The first-order valence-corrected chi connectivity index (χ1v) is 9.81. The van der Waals surface area contributed by atoms with E-state index in [0.717, 1.165) is 0 Å². The number of hydrogen-bond donors (Lipinski definition) is 2. The van der Waals surface area contributed by atoms with Gasteiger partial charge < -0.3 is 35.1 Å². The number of hydrogen-bond acceptors (Lipinski definition) is 9. The average Bonchev–Trinajstić information content (AvgIpc) is 2.71. The molecule has 0 unspecified atom stereocenters. The molecule has 2 aromatic rings. The number of aromatic nitrogens is 2. The molecule has 0 atom stereocenters. The van der Waals surface area contributed by atoms with E-state index in [-0.39, 0.29) is 6.09 Å². The van der Waals surface area contributed by atoms with E-state index in [1.165, 1.54) is 0 Å². The number of nitrogens with zero attached hydrogens (tertiary/aromatic N) is 4. The molecule has 0 aliphatic carbocycles. The molecule has 1 aliphatic rings. The number of nitrogens with one attached hydrogen (secondary N) is 1. The van der Waals surface area contributed by atoms with Crippen molar-refractivity contribution in [1.29, 1.82) is 0 Å². The number of anilines is 3. The summed E-state index contributed by atoms with van der Waals surface area (Å²) in [6.07, 6.45) is -0.310. The van der Waals surface area contributed by atoms with Crippen molar-refractivity contribution >= 4 is 34.4 Å². The normalized spacial score (nSPS) is 14.6. The minimum absolute atomic E-state index is 0.310. The summed E-state index contributed by atoms with van der Waals surface area (Å²) in [6.45, 7) is 7.75. The van der Waals surface area contributed by atoms with E-state index in [2.05, 4.69) is 10.3 Å². The van der Waals surface area contributed by atoms with E-state index in [4.69, 9.17) is 24.9 Å². The predicted molar refractivity (Wildman–Crippen MR) is 117 cm³/mol. The fourth-order valence-electron chi connectivity index (χ4n) is 3.38. The van der Waals surface area contributed by atoms with Gasteiger partial charge in [-0.15, -0.1) is 0 Å². The molecule has 0 bridgehead atoms. The van der Waals surface area contributed by atoms with Crippen molar-refractivity contribution in [2.75, 3.05) is 63.4 Å². The van der Waals surface area contributed by atoms with Crippen LogP contribution in [0, 0.1) is 0 Å². The molecule has 10 nitrogen and oxygen atoms in total. The van der Waals surface area contributed by atoms with E-state index < -0.39 is 5.60 Å². The molecule has 0 spiro atoms. The lowest BCUT2D eigenvalue weighted by atomic mass is 10.1. The van der Waals surface area contributed by atoms with Gasteiger partial charge in [-0.25, -0.2) is 9.78 Å². The van der Waals surface area contributed by atoms with Crippen LogP contribution in [0.25, 0.3) is 10.9 Å². The van der Waals surface area contributed by atoms with E-state index in [1.54, 1.807) is 32.2 Å². The second-order valence-corrected chi connectivity index (χ2v) is 8.00. The van der Waals surface area contributed by atoms with Gasteiger partial charge in [-0.1, -0.05) is 0 Å². The van der Waals surface area contributed by atoms with Gasteiger partial charge in [-0.05, 0) is 26.8 Å². The minimum atomic E-state index is -0.520. The number of amides is 1. The molecule has 1 aromatic heterocycles. The predicted octanol–water partition coefficient (Wildman–Crippen LogP) is 2.33. The number of nitrogen functional groups attached to an aromatic ring is 1. The Morgan fingerprint density at radius 1 is 1.13 bits per heavy atom. The average molecular weight is 418 g/mol. The first-order valence-electron chi connectivity index (χ1n) is 9.81. The molecule has 1 saturated heterocycles. The van der Waals surface area contributed by atoms with E-state index in [0.29, 0.717) is 66.0 Å². The van der Waals surface area contributed by atoms with Gasteiger partial charge in [0.05, 0.1) is 14.2 Å². The molecular formula is C20H30N6O4. The number of methoxy groups -OCH3 is 2. The summed E-state index contributed by atoms with van der Waals surface area (Å²) in [4.78, 5) is 25.2. The largest absolute Gasteiger partial charge is 0.493 e. The van der Waals surface area contributed by atoms with Crippen LogP contribution in [-0.4, -0.2) is 74.0 Å². The van der Waals surface area contributed by atoms with Gasteiger partial charge in [0.1, 0.15) is 22.6 Å². The van der Waals surface area contributed by atoms with Gasteiger partial charge in [0.2, 0.25) is 5.95 Å². The van der Waals surface area contributed by atoms with Crippen molar-refractivity contribution in [3.05, 3.63) is 6.07 Å². The Kier molecular flexibility index (Phi) is 5.95. The number of nitrogens with two attached hydrogens (primary N) is 1. The number of carbonyl (C=O) groups is 1. The lowest BCUT2D eigenvalue weighted by Crippen LogP contribution is -2.50. The Morgan fingerprint density at radius 3 is 2.33 bits per heavy atom. The smallest absolute Gasteiger partial charge is 0.410 e. The Labute approximate surface area is 176 Å². The number of ether oxygens (including phenoxy) is 3. The van der Waals surface area contributed by atoms with Crippen LogP contribution < -0.4 is 25.4 Å². The van der Waals surface area contributed by atoms with Crippen LogP contribution in [0.2, 0.25) is 0 Å². The zero-order valence-corrected chi connectivity index (χ0v) is 18.4. The molecule has 10 heteroatoms. The van der Waals surface area contributed by atoms with Gasteiger partial charge in [0, 0.05) is 38.6 Å². The number of rotatable bonds is 4. The highest BCUT2D eigenvalue weighted by molar-refractivity contribution is 6.01. The zero-order chi connectivity index (χ0) is 22.1. The molecule has 30 heavy (non-hydrogen) atoms. The van der Waals surface area contributed by atoms with Crippen LogP contribution in [0.1, 0.15) is 20.8 Å². The fourth-order valence-corrected chi connectivity index (χ4v) is 3.38. The molecule has 1 aliphatic heterocycles. The Balaban J connectivity index is 1.88. The van der Waals surface area contributed by atoms with Crippen LogP contribution in [0.4, 0.5) is 22.2 Å². The number of benzene rings is 1. The quantitative estimate of drug-likeness (QED) is 0.772. The summed E-state index contributed by atoms with van der Waals surface area (Å²) >= 11 is 0.